The van der Waals surface area contributed by atoms with Crippen LogP contribution in [0.5, 0.6) is 5.88 Å². The minimum absolute atomic E-state index is 0.124. The molecule has 0 radical (unpaired) electrons. The number of aromatic nitrogens is 2. The Balaban J connectivity index is 1.50. The van der Waals surface area contributed by atoms with Gasteiger partial charge in [-0.3, -0.25) is 4.79 Å². The number of anilines is 1. The van der Waals surface area contributed by atoms with Crippen molar-refractivity contribution < 1.29 is 9.53 Å². The van der Waals surface area contributed by atoms with Crippen LogP contribution in [-0.2, 0) is 4.79 Å². The Bertz CT molecular complexity index is 1170. The summed E-state index contributed by atoms with van der Waals surface area (Å²) in [5, 5.41) is 5.75. The van der Waals surface area contributed by atoms with E-state index in [0.717, 1.165) is 27.0 Å². The smallest absolute Gasteiger partial charge is 0.262 e. The summed E-state index contributed by atoms with van der Waals surface area (Å²) >= 11 is 1.54. The summed E-state index contributed by atoms with van der Waals surface area (Å²) in [6.07, 6.45) is 1.47. The second-order valence-electron chi connectivity index (χ2n) is 7.49. The minimum Gasteiger partial charge on any atom is -0.467 e. The molecular formula is C24H23N3O2S. The number of thiophene rings is 1. The number of benzene rings is 2. The summed E-state index contributed by atoms with van der Waals surface area (Å²) in [6, 6.07) is 16.1. The summed E-state index contributed by atoms with van der Waals surface area (Å²) in [4.78, 5) is 21.9. The molecule has 0 aliphatic carbocycles. The Morgan fingerprint density at radius 3 is 2.50 bits per heavy atom. The molecule has 5 nitrogen and oxygen atoms in total. The molecule has 0 fully saturated rings. The average molecular weight is 418 g/mol. The first kappa shape index (κ1) is 20.0. The van der Waals surface area contributed by atoms with E-state index in [2.05, 4.69) is 60.3 Å². The predicted octanol–water partition coefficient (Wildman–Crippen LogP) is 5.81. The fraction of sp³-hybridized carbons (Fsp3) is 0.208. The van der Waals surface area contributed by atoms with Gasteiger partial charge in [-0.05, 0) is 36.1 Å². The SMILES string of the molecule is Cc1ccc(-c2csc3ncnc(OCC(=O)Nc4ccc(C(C)C)cc4)c23)cc1. The lowest BCUT2D eigenvalue weighted by Gasteiger charge is -2.10. The number of carbonyl (C=O) groups is 1. The van der Waals surface area contributed by atoms with Gasteiger partial charge in [0.05, 0.1) is 5.39 Å². The van der Waals surface area contributed by atoms with E-state index >= 15 is 0 Å². The minimum atomic E-state index is -0.230. The highest BCUT2D eigenvalue weighted by Crippen LogP contribution is 2.37. The van der Waals surface area contributed by atoms with Gasteiger partial charge >= 0.3 is 0 Å². The van der Waals surface area contributed by atoms with Crippen LogP contribution in [0.2, 0.25) is 0 Å². The van der Waals surface area contributed by atoms with Crippen LogP contribution >= 0.6 is 11.3 Å². The molecule has 4 aromatic rings. The van der Waals surface area contributed by atoms with Crippen molar-refractivity contribution >= 4 is 33.1 Å². The third kappa shape index (κ3) is 4.33. The van der Waals surface area contributed by atoms with Gasteiger partial charge in [-0.15, -0.1) is 11.3 Å². The molecule has 0 bridgehead atoms. The second-order valence-corrected chi connectivity index (χ2v) is 8.35. The van der Waals surface area contributed by atoms with Gasteiger partial charge < -0.3 is 10.1 Å². The van der Waals surface area contributed by atoms with E-state index in [-0.39, 0.29) is 12.5 Å². The Morgan fingerprint density at radius 2 is 1.80 bits per heavy atom. The van der Waals surface area contributed by atoms with Crippen molar-refractivity contribution in [1.29, 1.82) is 0 Å². The molecule has 30 heavy (non-hydrogen) atoms. The third-order valence-electron chi connectivity index (χ3n) is 4.90. The van der Waals surface area contributed by atoms with Crippen LogP contribution in [0.3, 0.4) is 0 Å². The van der Waals surface area contributed by atoms with Crippen LogP contribution in [0.1, 0.15) is 30.9 Å². The molecule has 152 valence electrons. The lowest BCUT2D eigenvalue weighted by molar-refractivity contribution is -0.118. The number of hydrogen-bond donors (Lipinski definition) is 1. The summed E-state index contributed by atoms with van der Waals surface area (Å²) in [5.41, 5.74) is 5.26. The quantitative estimate of drug-likeness (QED) is 0.430. The van der Waals surface area contributed by atoms with Crippen molar-refractivity contribution in [3.63, 3.8) is 0 Å². The van der Waals surface area contributed by atoms with Crippen molar-refractivity contribution in [3.8, 4) is 17.0 Å². The zero-order chi connectivity index (χ0) is 21.1. The number of nitrogens with one attached hydrogen (secondary N) is 1. The molecular weight excluding hydrogens is 394 g/mol. The molecule has 0 atom stereocenters. The van der Waals surface area contributed by atoms with Crippen LogP contribution in [0.25, 0.3) is 21.3 Å². The largest absolute Gasteiger partial charge is 0.467 e. The van der Waals surface area contributed by atoms with Gasteiger partial charge in [0.15, 0.2) is 6.61 Å². The monoisotopic (exact) mass is 417 g/mol. The van der Waals surface area contributed by atoms with Gasteiger partial charge in [0.2, 0.25) is 5.88 Å². The molecule has 0 aliphatic heterocycles. The van der Waals surface area contributed by atoms with E-state index in [1.165, 1.54) is 28.8 Å². The van der Waals surface area contributed by atoms with E-state index < -0.39 is 0 Å². The number of carbonyl (C=O) groups excluding carboxylic acids is 1. The van der Waals surface area contributed by atoms with Crippen molar-refractivity contribution in [2.24, 2.45) is 0 Å². The standard InChI is InChI=1S/C24H23N3O2S/c1-15(2)17-8-10-19(11-9-17)27-21(28)12-29-23-22-20(13-30-24(22)26-14-25-23)18-6-4-16(3)5-7-18/h4-11,13-15H,12H2,1-3H3,(H,27,28). The summed E-state index contributed by atoms with van der Waals surface area (Å²) in [6.45, 7) is 6.21. The van der Waals surface area contributed by atoms with Gasteiger partial charge in [0.25, 0.3) is 5.91 Å². The van der Waals surface area contributed by atoms with Crippen LogP contribution in [0.15, 0.2) is 60.2 Å². The highest BCUT2D eigenvalue weighted by molar-refractivity contribution is 7.17. The maximum absolute atomic E-state index is 12.4. The van der Waals surface area contributed by atoms with Gasteiger partial charge in [0.1, 0.15) is 11.2 Å². The normalized spacial score (nSPS) is 11.1. The van der Waals surface area contributed by atoms with Gasteiger partial charge in [-0.25, -0.2) is 9.97 Å². The Hall–Kier alpha value is -3.25. The van der Waals surface area contributed by atoms with Crippen molar-refractivity contribution in [2.75, 3.05) is 11.9 Å². The zero-order valence-corrected chi connectivity index (χ0v) is 18.0. The lowest BCUT2D eigenvalue weighted by Crippen LogP contribution is -2.20. The molecule has 4 rings (SSSR count). The fourth-order valence-corrected chi connectivity index (χ4v) is 4.09. The van der Waals surface area contributed by atoms with E-state index in [1.807, 2.05) is 29.6 Å². The molecule has 0 spiro atoms. The zero-order valence-electron chi connectivity index (χ0n) is 17.2. The molecule has 2 aromatic heterocycles. The summed E-state index contributed by atoms with van der Waals surface area (Å²) in [5.74, 6) is 0.639. The molecule has 2 aromatic carbocycles. The molecule has 0 unspecified atom stereocenters. The molecule has 6 heteroatoms. The van der Waals surface area contributed by atoms with Crippen LogP contribution in [-0.4, -0.2) is 22.5 Å². The highest BCUT2D eigenvalue weighted by Gasteiger charge is 2.15. The van der Waals surface area contributed by atoms with Gasteiger partial charge in [-0.1, -0.05) is 55.8 Å². The van der Waals surface area contributed by atoms with Gasteiger partial charge in [0, 0.05) is 16.6 Å². The number of ether oxygens (including phenoxy) is 1. The Morgan fingerprint density at radius 1 is 1.07 bits per heavy atom. The van der Waals surface area contributed by atoms with Crippen molar-refractivity contribution in [3.05, 3.63) is 71.4 Å². The molecule has 0 aliphatic rings. The topological polar surface area (TPSA) is 64.1 Å². The number of nitrogens with zero attached hydrogens (tertiary/aromatic N) is 2. The molecule has 1 N–H and O–H groups in total. The molecule has 0 saturated heterocycles. The molecule has 2 heterocycles. The van der Waals surface area contributed by atoms with E-state index in [0.29, 0.717) is 11.8 Å². The molecule has 1 amide bonds. The van der Waals surface area contributed by atoms with Crippen molar-refractivity contribution in [1.82, 2.24) is 9.97 Å². The lowest BCUT2D eigenvalue weighted by atomic mass is 10.0. The summed E-state index contributed by atoms with van der Waals surface area (Å²) < 4.78 is 5.80. The maximum atomic E-state index is 12.4. The maximum Gasteiger partial charge on any atom is 0.262 e. The first-order valence-corrected chi connectivity index (χ1v) is 10.7. The van der Waals surface area contributed by atoms with E-state index in [1.54, 1.807) is 0 Å². The van der Waals surface area contributed by atoms with Crippen LogP contribution in [0.4, 0.5) is 5.69 Å². The average Bonchev–Trinajstić information content (AvgIpc) is 3.18. The number of hydrogen-bond acceptors (Lipinski definition) is 5. The van der Waals surface area contributed by atoms with Gasteiger partial charge in [-0.2, -0.15) is 0 Å². The van der Waals surface area contributed by atoms with Crippen LogP contribution < -0.4 is 10.1 Å². The number of amides is 1. The van der Waals surface area contributed by atoms with Crippen LogP contribution in [0, 0.1) is 6.92 Å². The van der Waals surface area contributed by atoms with Crippen molar-refractivity contribution in [2.45, 2.75) is 26.7 Å². The second kappa shape index (κ2) is 8.63. The Kier molecular flexibility index (Phi) is 5.77. The van der Waals surface area contributed by atoms with E-state index in [9.17, 15) is 4.79 Å². The Labute approximate surface area is 179 Å². The van der Waals surface area contributed by atoms with E-state index in [4.69, 9.17) is 4.74 Å². The fourth-order valence-electron chi connectivity index (χ4n) is 3.19. The first-order valence-electron chi connectivity index (χ1n) is 9.83. The highest BCUT2D eigenvalue weighted by atomic mass is 32.1. The number of fused-ring (bicyclic) bond motifs is 1. The third-order valence-corrected chi connectivity index (χ3v) is 5.79. The number of aryl methyl sites for hydroxylation is 1. The molecule has 0 saturated carbocycles. The predicted molar refractivity (Wildman–Crippen MR) is 122 cm³/mol. The number of rotatable bonds is 6. The first-order chi connectivity index (χ1) is 14.5. The summed E-state index contributed by atoms with van der Waals surface area (Å²) in [7, 11) is 0.